The zero-order valence-electron chi connectivity index (χ0n) is 12.8. The molecule has 112 valence electrons. The Labute approximate surface area is 131 Å². The third kappa shape index (κ3) is 4.83. The molecule has 0 bridgehead atoms. The molecule has 0 aromatic carbocycles. The molecular formula is C16H26BrN3. The number of hydrogen-bond donors (Lipinski definition) is 1. The van der Waals surface area contributed by atoms with Crippen LogP contribution in [0.2, 0.25) is 0 Å². The quantitative estimate of drug-likeness (QED) is 0.910. The summed E-state index contributed by atoms with van der Waals surface area (Å²) in [6.45, 7) is 10.2. The number of halogens is 1. The molecule has 1 N–H and O–H groups in total. The predicted octanol–water partition coefficient (Wildman–Crippen LogP) is 3.44. The normalized spacial score (nSPS) is 24.9. The van der Waals surface area contributed by atoms with Gasteiger partial charge in [0.05, 0.1) is 0 Å². The molecule has 1 aromatic heterocycles. The lowest BCUT2D eigenvalue weighted by Crippen LogP contribution is -2.40. The Morgan fingerprint density at radius 1 is 1.45 bits per heavy atom. The highest BCUT2D eigenvalue weighted by Crippen LogP contribution is 2.18. The van der Waals surface area contributed by atoms with Crippen molar-refractivity contribution in [1.82, 2.24) is 15.2 Å². The van der Waals surface area contributed by atoms with E-state index in [-0.39, 0.29) is 0 Å². The van der Waals surface area contributed by atoms with Crippen molar-refractivity contribution in [2.45, 2.75) is 52.2 Å². The first-order chi connectivity index (χ1) is 9.54. The molecule has 0 saturated carbocycles. The van der Waals surface area contributed by atoms with Crippen LogP contribution in [0.5, 0.6) is 0 Å². The molecule has 1 aliphatic rings. The fourth-order valence-electron chi connectivity index (χ4n) is 2.93. The minimum atomic E-state index is 0.611. The highest BCUT2D eigenvalue weighted by atomic mass is 79.9. The van der Waals surface area contributed by atoms with E-state index in [1.54, 1.807) is 0 Å². The van der Waals surface area contributed by atoms with Gasteiger partial charge < -0.3 is 5.32 Å². The zero-order valence-corrected chi connectivity index (χ0v) is 14.4. The molecule has 3 nitrogen and oxygen atoms in total. The highest BCUT2D eigenvalue weighted by molar-refractivity contribution is 9.10. The Hall–Kier alpha value is -0.450. The van der Waals surface area contributed by atoms with Gasteiger partial charge in [0.15, 0.2) is 0 Å². The monoisotopic (exact) mass is 339 g/mol. The molecule has 4 heteroatoms. The van der Waals surface area contributed by atoms with Crippen molar-refractivity contribution >= 4 is 15.9 Å². The van der Waals surface area contributed by atoms with Crippen LogP contribution in [0.1, 0.15) is 39.2 Å². The van der Waals surface area contributed by atoms with Crippen LogP contribution in [-0.2, 0) is 6.54 Å². The van der Waals surface area contributed by atoms with Crippen molar-refractivity contribution in [2.75, 3.05) is 13.1 Å². The molecule has 0 spiro atoms. The van der Waals surface area contributed by atoms with Crippen LogP contribution in [0, 0.1) is 5.92 Å². The van der Waals surface area contributed by atoms with Gasteiger partial charge >= 0.3 is 0 Å². The van der Waals surface area contributed by atoms with Gasteiger partial charge in [-0.1, -0.05) is 13.8 Å². The van der Waals surface area contributed by atoms with E-state index in [1.165, 1.54) is 18.4 Å². The van der Waals surface area contributed by atoms with Gasteiger partial charge in [-0.3, -0.25) is 9.88 Å². The Morgan fingerprint density at radius 2 is 2.25 bits per heavy atom. The molecule has 2 unspecified atom stereocenters. The number of hydrogen-bond acceptors (Lipinski definition) is 3. The second kappa shape index (κ2) is 7.53. The van der Waals surface area contributed by atoms with Crippen molar-refractivity contribution in [3.8, 4) is 0 Å². The Kier molecular flexibility index (Phi) is 6.00. The van der Waals surface area contributed by atoms with E-state index in [0.717, 1.165) is 30.0 Å². The Morgan fingerprint density at radius 3 is 2.95 bits per heavy atom. The highest BCUT2D eigenvalue weighted by Gasteiger charge is 2.23. The summed E-state index contributed by atoms with van der Waals surface area (Å²) in [5, 5.41) is 3.70. The molecule has 0 amide bonds. The number of rotatable bonds is 4. The third-order valence-corrected chi connectivity index (χ3v) is 4.41. The Balaban J connectivity index is 2.02. The molecule has 0 aliphatic carbocycles. The largest absolute Gasteiger partial charge is 0.313 e. The molecule has 1 aromatic rings. The lowest BCUT2D eigenvalue weighted by atomic mass is 10.0. The van der Waals surface area contributed by atoms with Crippen molar-refractivity contribution in [1.29, 1.82) is 0 Å². The minimum Gasteiger partial charge on any atom is -0.313 e. The molecule has 1 saturated heterocycles. The van der Waals surface area contributed by atoms with Crippen molar-refractivity contribution in [3.05, 3.63) is 28.5 Å². The van der Waals surface area contributed by atoms with Gasteiger partial charge in [0.1, 0.15) is 0 Å². The van der Waals surface area contributed by atoms with Crippen molar-refractivity contribution < 1.29 is 0 Å². The van der Waals surface area contributed by atoms with E-state index in [1.807, 2.05) is 12.4 Å². The van der Waals surface area contributed by atoms with E-state index in [4.69, 9.17) is 0 Å². The summed E-state index contributed by atoms with van der Waals surface area (Å²) in [5.41, 5.74) is 1.29. The maximum absolute atomic E-state index is 4.28. The third-order valence-electron chi connectivity index (χ3n) is 3.98. The predicted molar refractivity (Wildman–Crippen MR) is 87.7 cm³/mol. The maximum atomic E-state index is 4.28. The fraction of sp³-hybridized carbons (Fsp3) is 0.688. The van der Waals surface area contributed by atoms with Gasteiger partial charge in [0.25, 0.3) is 0 Å². The number of nitrogens with one attached hydrogen (secondary N) is 1. The molecule has 1 aliphatic heterocycles. The standard InChI is InChI=1S/C16H26BrN3/c1-12(2)6-16-11-20(13(3)4-5-19-16)10-14-7-15(17)9-18-8-14/h7-9,12-13,16,19H,4-6,10-11H2,1-3H3. The fourth-order valence-corrected chi connectivity index (χ4v) is 3.34. The van der Waals surface area contributed by atoms with Crippen molar-refractivity contribution in [2.24, 2.45) is 5.92 Å². The molecule has 20 heavy (non-hydrogen) atoms. The van der Waals surface area contributed by atoms with Gasteiger partial charge in [0.2, 0.25) is 0 Å². The van der Waals surface area contributed by atoms with Crippen LogP contribution in [0.15, 0.2) is 22.9 Å². The van der Waals surface area contributed by atoms with Gasteiger partial charge in [-0.15, -0.1) is 0 Å². The van der Waals surface area contributed by atoms with Gasteiger partial charge in [-0.2, -0.15) is 0 Å². The van der Waals surface area contributed by atoms with Gasteiger partial charge in [-0.05, 0) is 59.8 Å². The summed E-state index contributed by atoms with van der Waals surface area (Å²) in [5.74, 6) is 0.746. The van der Waals surface area contributed by atoms with E-state index < -0.39 is 0 Å². The van der Waals surface area contributed by atoms with E-state index in [0.29, 0.717) is 12.1 Å². The van der Waals surface area contributed by atoms with Crippen LogP contribution < -0.4 is 5.32 Å². The first kappa shape index (κ1) is 15.9. The lowest BCUT2D eigenvalue weighted by Gasteiger charge is -2.29. The zero-order chi connectivity index (χ0) is 14.5. The van der Waals surface area contributed by atoms with Crippen LogP contribution in [-0.4, -0.2) is 35.1 Å². The van der Waals surface area contributed by atoms with Crippen molar-refractivity contribution in [3.63, 3.8) is 0 Å². The average molecular weight is 340 g/mol. The summed E-state index contributed by atoms with van der Waals surface area (Å²) in [6, 6.07) is 3.41. The van der Waals surface area contributed by atoms with E-state index >= 15 is 0 Å². The first-order valence-electron chi connectivity index (χ1n) is 7.61. The topological polar surface area (TPSA) is 28.2 Å². The van der Waals surface area contributed by atoms with Gasteiger partial charge in [-0.25, -0.2) is 0 Å². The molecular weight excluding hydrogens is 314 g/mol. The maximum Gasteiger partial charge on any atom is 0.0410 e. The van der Waals surface area contributed by atoms with Gasteiger partial charge in [0, 0.05) is 42.0 Å². The number of pyridine rings is 1. The summed E-state index contributed by atoms with van der Waals surface area (Å²) in [6.07, 6.45) is 6.29. The lowest BCUT2D eigenvalue weighted by molar-refractivity contribution is 0.189. The molecule has 1 fully saturated rings. The summed E-state index contributed by atoms with van der Waals surface area (Å²) in [4.78, 5) is 6.87. The smallest absolute Gasteiger partial charge is 0.0410 e. The molecule has 0 radical (unpaired) electrons. The number of nitrogens with zero attached hydrogens (tertiary/aromatic N) is 2. The molecule has 2 atom stereocenters. The Bertz CT molecular complexity index is 422. The first-order valence-corrected chi connectivity index (χ1v) is 8.40. The summed E-state index contributed by atoms with van der Waals surface area (Å²) < 4.78 is 1.06. The minimum absolute atomic E-state index is 0.611. The number of aromatic nitrogens is 1. The second-order valence-electron chi connectivity index (χ2n) is 6.36. The summed E-state index contributed by atoms with van der Waals surface area (Å²) >= 11 is 3.51. The van der Waals surface area contributed by atoms with E-state index in [9.17, 15) is 0 Å². The van der Waals surface area contributed by atoms with Crippen LogP contribution in [0.3, 0.4) is 0 Å². The summed E-state index contributed by atoms with van der Waals surface area (Å²) in [7, 11) is 0. The second-order valence-corrected chi connectivity index (χ2v) is 7.27. The molecule has 2 heterocycles. The van der Waals surface area contributed by atoms with Crippen LogP contribution >= 0.6 is 15.9 Å². The van der Waals surface area contributed by atoms with E-state index in [2.05, 4.69) is 58.0 Å². The molecule has 2 rings (SSSR count). The van der Waals surface area contributed by atoms with Crippen LogP contribution in [0.4, 0.5) is 0 Å². The average Bonchev–Trinajstić information content (AvgIpc) is 2.52. The SMILES string of the molecule is CC(C)CC1CN(Cc2cncc(Br)c2)C(C)CCN1. The van der Waals surface area contributed by atoms with Crippen LogP contribution in [0.25, 0.3) is 0 Å².